The van der Waals surface area contributed by atoms with Gasteiger partial charge in [0.05, 0.1) is 23.0 Å². The van der Waals surface area contributed by atoms with Crippen LogP contribution in [0.3, 0.4) is 0 Å². The number of carbonyl (C=O) groups is 6. The van der Waals surface area contributed by atoms with E-state index < -0.39 is 11.9 Å². The van der Waals surface area contributed by atoms with Crippen molar-refractivity contribution in [2.24, 2.45) is 0 Å². The van der Waals surface area contributed by atoms with Crippen LogP contribution >= 0.6 is 0 Å². The Kier molecular flexibility index (Phi) is 47.1. The smallest absolute Gasteiger partial charge is 0.303 e. The van der Waals surface area contributed by atoms with Gasteiger partial charge in [-0.3, -0.25) is 28.8 Å². The minimum Gasteiger partial charge on any atom is -0.512 e. The zero-order valence-electron chi connectivity index (χ0n) is 23.3. The fourth-order valence-electron chi connectivity index (χ4n) is 1.57. The molecule has 0 spiro atoms. The Bertz CT molecular complexity index is 728. The molecule has 12 nitrogen and oxygen atoms in total. The summed E-state index contributed by atoms with van der Waals surface area (Å²) in [6.07, 6.45) is 4.75. The van der Waals surface area contributed by atoms with Gasteiger partial charge in [-0.05, 0) is 61.8 Å². The Labute approximate surface area is 254 Å². The Morgan fingerprint density at radius 2 is 0.564 bits per heavy atom. The quantitative estimate of drug-likeness (QED) is 0.115. The van der Waals surface area contributed by atoms with Crippen LogP contribution in [0.4, 0.5) is 0 Å². The average molecular weight is 735 g/mol. The molecule has 6 N–H and O–H groups in total. The molecule has 0 saturated heterocycles. The molecule has 228 valence electrons. The molecule has 0 bridgehead atoms. The van der Waals surface area contributed by atoms with E-state index in [0.717, 1.165) is 0 Å². The van der Waals surface area contributed by atoms with Crippen LogP contribution in [-0.2, 0) is 67.7 Å². The topological polar surface area (TPSA) is 224 Å². The number of hydrogen-bond donors (Lipinski definition) is 6. The van der Waals surface area contributed by atoms with Gasteiger partial charge in [0.1, 0.15) is 0 Å². The molecule has 39 heavy (non-hydrogen) atoms. The van der Waals surface area contributed by atoms with Gasteiger partial charge in [-0.2, -0.15) is 0 Å². The normalized spacial score (nSPS) is 10.3. The minimum atomic E-state index is -0.948. The number of aliphatic hydroxyl groups excluding tert-OH is 4. The van der Waals surface area contributed by atoms with Crippen LogP contribution in [0, 0.1) is 0 Å². The first-order valence-electron chi connectivity index (χ1n) is 10.6. The third kappa shape index (κ3) is 106. The summed E-state index contributed by atoms with van der Waals surface area (Å²) in [5.74, 6) is -2.15. The van der Waals surface area contributed by atoms with Gasteiger partial charge < -0.3 is 30.6 Å². The number of allylic oxidation sites excluding steroid dienone is 8. The van der Waals surface area contributed by atoms with Gasteiger partial charge in [-0.15, -0.1) is 0 Å². The van der Waals surface area contributed by atoms with Crippen molar-refractivity contribution in [1.29, 1.82) is 0 Å². The van der Waals surface area contributed by atoms with E-state index >= 15 is 0 Å². The van der Waals surface area contributed by atoms with Crippen molar-refractivity contribution < 1.29 is 98.4 Å². The Morgan fingerprint density at radius 1 is 0.410 bits per heavy atom. The predicted octanol–water partition coefficient (Wildman–Crippen LogP) is 4.47. The van der Waals surface area contributed by atoms with Crippen molar-refractivity contribution in [2.75, 3.05) is 0 Å². The Hall–Kier alpha value is -2.97. The molecule has 14 heteroatoms. The maximum Gasteiger partial charge on any atom is 0.303 e. The van der Waals surface area contributed by atoms with Crippen LogP contribution in [0.15, 0.2) is 47.3 Å². The summed E-state index contributed by atoms with van der Waals surface area (Å²) in [5.41, 5.74) is 0. The van der Waals surface area contributed by atoms with Crippen LogP contribution in [0.1, 0.15) is 74.7 Å². The number of rotatable bonds is 8. The summed E-state index contributed by atoms with van der Waals surface area (Å²) in [6, 6.07) is 0. The van der Waals surface area contributed by atoms with Gasteiger partial charge in [0.2, 0.25) is 0 Å². The average Bonchev–Trinajstić information content (AvgIpc) is 2.58. The second-order valence-electron chi connectivity index (χ2n) is 7.23. The van der Waals surface area contributed by atoms with E-state index in [2.05, 4.69) is 0 Å². The number of carbonyl (C=O) groups excluding carboxylic acids is 4. The minimum absolute atomic E-state index is 0. The van der Waals surface area contributed by atoms with E-state index in [4.69, 9.17) is 30.6 Å². The van der Waals surface area contributed by atoms with Crippen molar-refractivity contribution in [3.8, 4) is 0 Å². The summed E-state index contributed by atoms with van der Waals surface area (Å²) < 4.78 is 0. The maximum absolute atomic E-state index is 10.0. The van der Waals surface area contributed by atoms with Crippen LogP contribution < -0.4 is 0 Å². The number of carboxylic acids is 2. The number of aliphatic hydroxyl groups is 4. The van der Waals surface area contributed by atoms with Gasteiger partial charge in [-0.1, -0.05) is 0 Å². The van der Waals surface area contributed by atoms with Crippen molar-refractivity contribution >= 4 is 35.1 Å². The molecular weight excluding hydrogens is 694 g/mol. The second kappa shape index (κ2) is 35.0. The zero-order chi connectivity index (χ0) is 30.7. The van der Waals surface area contributed by atoms with Crippen molar-refractivity contribution in [1.82, 2.24) is 0 Å². The van der Waals surface area contributed by atoms with Crippen molar-refractivity contribution in [3.05, 3.63) is 47.3 Å². The molecule has 0 rings (SSSR count). The molecule has 0 aliphatic carbocycles. The standard InChI is InChI=1S/C5H8O4.4C5H8O2.2Ru/c6-4(7)2-1-3-5(8)9;4*1-4(6)3-5(2)7;;/h1-3H2,(H,6,7)(H,8,9);4*3,6H,1-2H3;;/b;4*4-3-;;. The summed E-state index contributed by atoms with van der Waals surface area (Å²) >= 11 is 0. The van der Waals surface area contributed by atoms with Crippen molar-refractivity contribution in [3.63, 3.8) is 0 Å². The molecule has 0 fully saturated rings. The first-order chi connectivity index (χ1) is 16.6. The molecule has 0 amide bonds. The fraction of sp³-hybridized carbons (Fsp3) is 0.440. The van der Waals surface area contributed by atoms with Crippen LogP contribution in [-0.4, -0.2) is 65.7 Å². The third-order valence-electron chi connectivity index (χ3n) is 2.43. The maximum atomic E-state index is 10.0. The Morgan fingerprint density at radius 3 is 0.615 bits per heavy atom. The molecule has 0 aromatic heterocycles. The first kappa shape index (κ1) is 52.5. The van der Waals surface area contributed by atoms with E-state index in [0.29, 0.717) is 0 Å². The van der Waals surface area contributed by atoms with Gasteiger partial charge in [0, 0.05) is 76.1 Å². The third-order valence-corrected chi connectivity index (χ3v) is 2.43. The van der Waals surface area contributed by atoms with E-state index in [-0.39, 0.29) is 104 Å². The SMILES string of the molecule is CC(=O)/C=C(/C)O.CC(=O)/C=C(/C)O.CC(=O)/C=C(/C)O.CC(=O)/C=C(/C)O.O=C(O)CCCC(=O)O.[Ru].[Ru]. The van der Waals surface area contributed by atoms with Gasteiger partial charge in [0.25, 0.3) is 0 Å². The number of aliphatic carboxylic acids is 2. The van der Waals surface area contributed by atoms with Crippen LogP contribution in [0.2, 0.25) is 0 Å². The number of hydrogen-bond acceptors (Lipinski definition) is 10. The summed E-state index contributed by atoms with van der Waals surface area (Å²) in [5, 5.41) is 49.5. The molecule has 0 atom stereocenters. The molecule has 0 radical (unpaired) electrons. The molecule has 0 aliphatic rings. The number of carboxylic acid groups (broad SMARTS) is 2. The van der Waals surface area contributed by atoms with Gasteiger partial charge >= 0.3 is 11.9 Å². The van der Waals surface area contributed by atoms with Crippen molar-refractivity contribution in [2.45, 2.75) is 74.7 Å². The van der Waals surface area contributed by atoms with Crippen LogP contribution in [0.25, 0.3) is 0 Å². The van der Waals surface area contributed by atoms with Gasteiger partial charge in [-0.25, -0.2) is 0 Å². The molecule has 0 aromatic rings. The second-order valence-corrected chi connectivity index (χ2v) is 7.23. The van der Waals surface area contributed by atoms with E-state index in [1.165, 1.54) is 79.7 Å². The molecule has 0 unspecified atom stereocenters. The summed E-state index contributed by atoms with van der Waals surface area (Å²) in [6.45, 7) is 11.4. The number of ketones is 4. The fourth-order valence-corrected chi connectivity index (χ4v) is 1.57. The summed E-state index contributed by atoms with van der Waals surface area (Å²) in [4.78, 5) is 59.6. The molecule has 0 heterocycles. The zero-order valence-corrected chi connectivity index (χ0v) is 26.7. The molecule has 0 aliphatic heterocycles. The predicted molar refractivity (Wildman–Crippen MR) is 137 cm³/mol. The Balaban J connectivity index is -0.0000000651. The largest absolute Gasteiger partial charge is 0.512 e. The van der Waals surface area contributed by atoms with E-state index in [9.17, 15) is 28.8 Å². The van der Waals surface area contributed by atoms with E-state index in [1.54, 1.807) is 0 Å². The first-order valence-corrected chi connectivity index (χ1v) is 10.6. The van der Waals surface area contributed by atoms with Crippen LogP contribution in [0.5, 0.6) is 0 Å². The monoisotopic (exact) mass is 736 g/mol. The molecule has 0 aromatic carbocycles. The van der Waals surface area contributed by atoms with Gasteiger partial charge in [0.15, 0.2) is 23.1 Å². The molecular formula is C25H40O12Ru2. The van der Waals surface area contributed by atoms with E-state index in [1.807, 2.05) is 0 Å². The summed E-state index contributed by atoms with van der Waals surface area (Å²) in [7, 11) is 0. The molecule has 0 saturated carbocycles.